The molecule has 0 atom stereocenters. The summed E-state index contributed by atoms with van der Waals surface area (Å²) in [4.78, 5) is 12.5. The van der Waals surface area contributed by atoms with E-state index >= 15 is 0 Å². The monoisotopic (exact) mass is 402 g/mol. The van der Waals surface area contributed by atoms with E-state index in [-0.39, 0.29) is 16.7 Å². The summed E-state index contributed by atoms with van der Waals surface area (Å²) in [5.41, 5.74) is 0.757. The summed E-state index contributed by atoms with van der Waals surface area (Å²) in [5, 5.41) is 11.9. The Bertz CT molecular complexity index is 1030. The van der Waals surface area contributed by atoms with Crippen LogP contribution in [-0.2, 0) is 10.0 Å². The standard InChI is InChI=1S/C18H18N4O3S2/c1-12(2)17-20-21-18(26-17)19-16(23)13-8-10-14(11-9-13)22-27(24,25)15-6-4-3-5-7-15/h3-12,22H,1-2H3,(H,19,21,23). The third-order valence-corrected chi connectivity index (χ3v) is 6.14. The van der Waals surface area contributed by atoms with Crippen molar-refractivity contribution in [2.24, 2.45) is 0 Å². The Balaban J connectivity index is 1.68. The van der Waals surface area contributed by atoms with E-state index in [1.165, 1.54) is 35.6 Å². The number of carbonyl (C=O) groups excluding carboxylic acids is 1. The van der Waals surface area contributed by atoms with Crippen LogP contribution in [0.1, 0.15) is 35.1 Å². The first-order valence-electron chi connectivity index (χ1n) is 8.18. The molecule has 0 fully saturated rings. The van der Waals surface area contributed by atoms with Gasteiger partial charge in [-0.05, 0) is 36.4 Å². The number of sulfonamides is 1. The number of nitrogens with zero attached hydrogens (tertiary/aromatic N) is 2. The van der Waals surface area contributed by atoms with Crippen molar-refractivity contribution in [3.8, 4) is 0 Å². The van der Waals surface area contributed by atoms with Crippen LogP contribution in [-0.4, -0.2) is 24.5 Å². The van der Waals surface area contributed by atoms with Gasteiger partial charge in [-0.2, -0.15) is 0 Å². The van der Waals surface area contributed by atoms with Gasteiger partial charge in [0.05, 0.1) is 4.90 Å². The lowest BCUT2D eigenvalue weighted by atomic mass is 10.2. The molecule has 0 bridgehead atoms. The van der Waals surface area contributed by atoms with Gasteiger partial charge in [0.1, 0.15) is 5.01 Å². The van der Waals surface area contributed by atoms with E-state index in [1.54, 1.807) is 30.3 Å². The fourth-order valence-electron chi connectivity index (χ4n) is 2.19. The molecule has 7 nitrogen and oxygen atoms in total. The van der Waals surface area contributed by atoms with Crippen molar-refractivity contribution in [1.82, 2.24) is 10.2 Å². The fraction of sp³-hybridized carbons (Fsp3) is 0.167. The molecule has 0 aliphatic heterocycles. The first-order chi connectivity index (χ1) is 12.8. The SMILES string of the molecule is CC(C)c1nnc(NC(=O)c2ccc(NS(=O)(=O)c3ccccc3)cc2)s1. The second-order valence-electron chi connectivity index (χ2n) is 6.05. The molecule has 0 aliphatic carbocycles. The summed E-state index contributed by atoms with van der Waals surface area (Å²) in [7, 11) is -3.67. The Kier molecular flexibility index (Phi) is 5.52. The number of rotatable bonds is 6. The van der Waals surface area contributed by atoms with Crippen LogP contribution in [0.5, 0.6) is 0 Å². The molecule has 3 aromatic rings. The molecule has 0 unspecified atom stereocenters. The van der Waals surface area contributed by atoms with E-state index in [4.69, 9.17) is 0 Å². The van der Waals surface area contributed by atoms with Crippen LogP contribution in [0.2, 0.25) is 0 Å². The number of aromatic nitrogens is 2. The maximum Gasteiger partial charge on any atom is 0.261 e. The van der Waals surface area contributed by atoms with Gasteiger partial charge in [-0.3, -0.25) is 14.8 Å². The van der Waals surface area contributed by atoms with E-state index in [2.05, 4.69) is 20.2 Å². The summed E-state index contributed by atoms with van der Waals surface area (Å²) in [6.45, 7) is 4.00. The molecule has 2 aromatic carbocycles. The molecule has 3 rings (SSSR count). The Morgan fingerprint density at radius 2 is 1.67 bits per heavy atom. The molecule has 1 heterocycles. The van der Waals surface area contributed by atoms with Crippen molar-refractivity contribution in [3.63, 3.8) is 0 Å². The van der Waals surface area contributed by atoms with E-state index < -0.39 is 10.0 Å². The summed E-state index contributed by atoms with van der Waals surface area (Å²) in [6, 6.07) is 14.2. The molecule has 2 N–H and O–H groups in total. The lowest BCUT2D eigenvalue weighted by molar-refractivity contribution is 0.102. The molecular weight excluding hydrogens is 384 g/mol. The minimum absolute atomic E-state index is 0.170. The van der Waals surface area contributed by atoms with Crippen molar-refractivity contribution in [2.45, 2.75) is 24.7 Å². The molecule has 0 spiro atoms. The number of hydrogen-bond acceptors (Lipinski definition) is 6. The van der Waals surface area contributed by atoms with Gasteiger partial charge in [-0.1, -0.05) is 43.4 Å². The third-order valence-electron chi connectivity index (χ3n) is 3.61. The van der Waals surface area contributed by atoms with Gasteiger partial charge in [0.15, 0.2) is 0 Å². The van der Waals surface area contributed by atoms with Gasteiger partial charge < -0.3 is 0 Å². The number of nitrogens with one attached hydrogen (secondary N) is 2. The Hall–Kier alpha value is -2.78. The minimum atomic E-state index is -3.67. The second kappa shape index (κ2) is 7.85. The number of carbonyl (C=O) groups is 1. The molecule has 1 aromatic heterocycles. The molecule has 27 heavy (non-hydrogen) atoms. The predicted octanol–water partition coefficient (Wildman–Crippen LogP) is 3.71. The zero-order valence-corrected chi connectivity index (χ0v) is 16.3. The van der Waals surface area contributed by atoms with E-state index in [0.29, 0.717) is 16.4 Å². The molecular formula is C18H18N4O3S2. The van der Waals surface area contributed by atoms with Crippen LogP contribution in [0, 0.1) is 0 Å². The predicted molar refractivity (Wildman–Crippen MR) is 106 cm³/mol. The first-order valence-corrected chi connectivity index (χ1v) is 10.5. The summed E-state index contributed by atoms with van der Waals surface area (Å²) >= 11 is 1.33. The fourth-order valence-corrected chi connectivity index (χ4v) is 4.01. The van der Waals surface area contributed by atoms with Crippen molar-refractivity contribution >= 4 is 38.1 Å². The van der Waals surface area contributed by atoms with E-state index in [0.717, 1.165) is 5.01 Å². The topological polar surface area (TPSA) is 101 Å². The maximum atomic E-state index is 12.3. The lowest BCUT2D eigenvalue weighted by Gasteiger charge is -2.08. The molecule has 140 valence electrons. The number of amides is 1. The molecule has 0 radical (unpaired) electrons. The van der Waals surface area contributed by atoms with Gasteiger partial charge in [-0.25, -0.2) is 8.42 Å². The quantitative estimate of drug-likeness (QED) is 0.654. The molecule has 0 saturated heterocycles. The highest BCUT2D eigenvalue weighted by Crippen LogP contribution is 2.23. The van der Waals surface area contributed by atoms with Crippen LogP contribution >= 0.6 is 11.3 Å². The molecule has 9 heteroatoms. The highest BCUT2D eigenvalue weighted by Gasteiger charge is 2.15. The second-order valence-corrected chi connectivity index (χ2v) is 8.74. The summed E-state index contributed by atoms with van der Waals surface area (Å²) in [5.74, 6) is -0.0935. The number of anilines is 2. The van der Waals surface area contributed by atoms with Crippen molar-refractivity contribution in [2.75, 3.05) is 10.0 Å². The largest absolute Gasteiger partial charge is 0.296 e. The zero-order valence-electron chi connectivity index (χ0n) is 14.7. The van der Waals surface area contributed by atoms with Crippen molar-refractivity contribution < 1.29 is 13.2 Å². The Morgan fingerprint density at radius 1 is 1.00 bits per heavy atom. The van der Waals surface area contributed by atoms with E-state index in [9.17, 15) is 13.2 Å². The highest BCUT2D eigenvalue weighted by atomic mass is 32.2. The van der Waals surface area contributed by atoms with Crippen molar-refractivity contribution in [1.29, 1.82) is 0 Å². The van der Waals surface area contributed by atoms with Crippen LogP contribution in [0.25, 0.3) is 0 Å². The van der Waals surface area contributed by atoms with Gasteiger partial charge in [0, 0.05) is 17.2 Å². The van der Waals surface area contributed by atoms with Gasteiger partial charge >= 0.3 is 0 Å². The Labute approximate surface area is 161 Å². The maximum absolute atomic E-state index is 12.3. The lowest BCUT2D eigenvalue weighted by Crippen LogP contribution is -2.14. The van der Waals surface area contributed by atoms with Crippen LogP contribution in [0.15, 0.2) is 59.5 Å². The zero-order chi connectivity index (χ0) is 19.4. The van der Waals surface area contributed by atoms with Gasteiger partial charge in [0.2, 0.25) is 5.13 Å². The minimum Gasteiger partial charge on any atom is -0.296 e. The van der Waals surface area contributed by atoms with Crippen LogP contribution in [0.4, 0.5) is 10.8 Å². The average molecular weight is 403 g/mol. The van der Waals surface area contributed by atoms with Gasteiger partial charge in [-0.15, -0.1) is 10.2 Å². The van der Waals surface area contributed by atoms with Crippen molar-refractivity contribution in [3.05, 3.63) is 65.2 Å². The third kappa shape index (κ3) is 4.69. The average Bonchev–Trinajstić information content (AvgIpc) is 3.11. The molecule has 0 aliphatic rings. The van der Waals surface area contributed by atoms with Crippen LogP contribution < -0.4 is 10.0 Å². The Morgan fingerprint density at radius 3 is 2.26 bits per heavy atom. The first kappa shape index (κ1) is 19.0. The highest BCUT2D eigenvalue weighted by molar-refractivity contribution is 7.92. The number of hydrogen-bond donors (Lipinski definition) is 2. The molecule has 0 saturated carbocycles. The van der Waals surface area contributed by atoms with Crippen LogP contribution in [0.3, 0.4) is 0 Å². The smallest absolute Gasteiger partial charge is 0.261 e. The summed E-state index contributed by atoms with van der Waals surface area (Å²) in [6.07, 6.45) is 0. The number of benzene rings is 2. The normalized spacial score (nSPS) is 11.4. The van der Waals surface area contributed by atoms with Gasteiger partial charge in [0.25, 0.3) is 15.9 Å². The molecule has 1 amide bonds. The van der Waals surface area contributed by atoms with E-state index in [1.807, 2.05) is 13.8 Å². The summed E-state index contributed by atoms with van der Waals surface area (Å²) < 4.78 is 27.1.